The van der Waals surface area contributed by atoms with E-state index in [1.165, 1.54) is 6.08 Å². The molecule has 1 unspecified atom stereocenters. The molecule has 98 valence electrons. The standard InChI is InChI=1S/C15H16N2O2/c16-9-12-3-1-2-11(8-12)4-7-15(19)17-10-14(18)13-5-6-13/h1-4,7-8,13-14,18H,5-6,10H2,(H,17,19). The molecule has 4 nitrogen and oxygen atoms in total. The van der Waals surface area contributed by atoms with Crippen molar-refractivity contribution < 1.29 is 9.90 Å². The van der Waals surface area contributed by atoms with Crippen LogP contribution in [0.1, 0.15) is 24.0 Å². The number of nitriles is 1. The first-order chi connectivity index (χ1) is 9.19. The number of aliphatic hydroxyl groups is 1. The molecule has 1 aromatic carbocycles. The summed E-state index contributed by atoms with van der Waals surface area (Å²) < 4.78 is 0. The molecule has 1 aliphatic rings. The summed E-state index contributed by atoms with van der Waals surface area (Å²) in [6.45, 7) is 0.298. The van der Waals surface area contributed by atoms with Crippen molar-refractivity contribution in [3.63, 3.8) is 0 Å². The lowest BCUT2D eigenvalue weighted by Crippen LogP contribution is -2.31. The van der Waals surface area contributed by atoms with Gasteiger partial charge in [-0.3, -0.25) is 4.79 Å². The van der Waals surface area contributed by atoms with Gasteiger partial charge in [-0.25, -0.2) is 0 Å². The van der Waals surface area contributed by atoms with E-state index in [-0.39, 0.29) is 5.91 Å². The summed E-state index contributed by atoms with van der Waals surface area (Å²) in [6, 6.07) is 9.06. The highest BCUT2D eigenvalue weighted by Gasteiger charge is 2.29. The summed E-state index contributed by atoms with van der Waals surface area (Å²) in [4.78, 5) is 11.5. The lowest BCUT2D eigenvalue weighted by Gasteiger charge is -2.08. The molecule has 0 saturated heterocycles. The van der Waals surface area contributed by atoms with Gasteiger partial charge in [0.25, 0.3) is 0 Å². The quantitative estimate of drug-likeness (QED) is 0.783. The zero-order valence-corrected chi connectivity index (χ0v) is 10.5. The van der Waals surface area contributed by atoms with Crippen molar-refractivity contribution in [2.45, 2.75) is 18.9 Å². The van der Waals surface area contributed by atoms with Gasteiger partial charge < -0.3 is 10.4 Å². The second-order valence-corrected chi connectivity index (χ2v) is 4.72. The van der Waals surface area contributed by atoms with Crippen molar-refractivity contribution in [2.24, 2.45) is 5.92 Å². The summed E-state index contributed by atoms with van der Waals surface area (Å²) in [5, 5.41) is 21.0. The first-order valence-corrected chi connectivity index (χ1v) is 6.33. The fourth-order valence-electron chi connectivity index (χ4n) is 1.80. The predicted molar refractivity (Wildman–Crippen MR) is 71.9 cm³/mol. The molecule has 1 aliphatic carbocycles. The molecule has 4 heteroatoms. The Kier molecular flexibility index (Phi) is 4.32. The topological polar surface area (TPSA) is 73.1 Å². The van der Waals surface area contributed by atoms with Gasteiger partial charge in [-0.2, -0.15) is 5.26 Å². The summed E-state index contributed by atoms with van der Waals surface area (Å²) in [6.07, 6.45) is 4.73. The largest absolute Gasteiger partial charge is 0.391 e. The van der Waals surface area contributed by atoms with Gasteiger partial charge in [0.05, 0.1) is 17.7 Å². The molecule has 1 aromatic rings. The van der Waals surface area contributed by atoms with Crippen molar-refractivity contribution in [1.29, 1.82) is 5.26 Å². The maximum absolute atomic E-state index is 11.5. The Morgan fingerprint density at radius 1 is 1.58 bits per heavy atom. The van der Waals surface area contributed by atoms with Crippen LogP contribution >= 0.6 is 0 Å². The number of amides is 1. The Hall–Kier alpha value is -2.12. The fraction of sp³-hybridized carbons (Fsp3) is 0.333. The molecule has 0 heterocycles. The van der Waals surface area contributed by atoms with Gasteiger partial charge in [0.15, 0.2) is 0 Å². The molecule has 2 N–H and O–H groups in total. The van der Waals surface area contributed by atoms with Crippen LogP contribution in [0.3, 0.4) is 0 Å². The monoisotopic (exact) mass is 256 g/mol. The number of carbonyl (C=O) groups is 1. The first-order valence-electron chi connectivity index (χ1n) is 6.33. The van der Waals surface area contributed by atoms with E-state index in [1.807, 2.05) is 12.1 Å². The highest BCUT2D eigenvalue weighted by molar-refractivity contribution is 5.91. The third-order valence-electron chi connectivity index (χ3n) is 3.09. The molecule has 0 aromatic heterocycles. The maximum atomic E-state index is 11.5. The molecular formula is C15H16N2O2. The number of carbonyl (C=O) groups excluding carboxylic acids is 1. The minimum atomic E-state index is -0.431. The second kappa shape index (κ2) is 6.17. The Morgan fingerprint density at radius 3 is 3.05 bits per heavy atom. The van der Waals surface area contributed by atoms with E-state index in [0.717, 1.165) is 18.4 Å². The van der Waals surface area contributed by atoms with Crippen molar-refractivity contribution in [2.75, 3.05) is 6.54 Å². The van der Waals surface area contributed by atoms with E-state index in [1.54, 1.807) is 24.3 Å². The molecule has 19 heavy (non-hydrogen) atoms. The van der Waals surface area contributed by atoms with Crippen LogP contribution in [0.4, 0.5) is 0 Å². The van der Waals surface area contributed by atoms with Crippen LogP contribution < -0.4 is 5.32 Å². The average molecular weight is 256 g/mol. The van der Waals surface area contributed by atoms with Gasteiger partial charge in [0, 0.05) is 12.6 Å². The minimum absolute atomic E-state index is 0.234. The molecule has 0 bridgehead atoms. The van der Waals surface area contributed by atoms with E-state index in [9.17, 15) is 9.90 Å². The molecule has 1 atom stereocenters. The third kappa shape index (κ3) is 4.23. The van der Waals surface area contributed by atoms with E-state index in [2.05, 4.69) is 5.32 Å². The molecule has 1 fully saturated rings. The van der Waals surface area contributed by atoms with Crippen LogP contribution in [0.15, 0.2) is 30.3 Å². The van der Waals surface area contributed by atoms with Crippen LogP contribution in [0.2, 0.25) is 0 Å². The number of nitrogens with zero attached hydrogens (tertiary/aromatic N) is 1. The van der Waals surface area contributed by atoms with Gasteiger partial charge in [-0.05, 0) is 42.5 Å². The highest BCUT2D eigenvalue weighted by atomic mass is 16.3. The van der Waals surface area contributed by atoms with E-state index in [4.69, 9.17) is 5.26 Å². The Bertz CT molecular complexity index is 527. The predicted octanol–water partition coefficient (Wildman–Crippen LogP) is 1.46. The van der Waals surface area contributed by atoms with Gasteiger partial charge in [-0.15, -0.1) is 0 Å². The molecule has 0 radical (unpaired) electrons. The fourth-order valence-corrected chi connectivity index (χ4v) is 1.80. The van der Waals surface area contributed by atoms with Crippen LogP contribution in [-0.4, -0.2) is 23.7 Å². The lowest BCUT2D eigenvalue weighted by molar-refractivity contribution is -0.116. The minimum Gasteiger partial charge on any atom is -0.391 e. The van der Waals surface area contributed by atoms with Gasteiger partial charge in [-0.1, -0.05) is 12.1 Å². The van der Waals surface area contributed by atoms with Crippen molar-refractivity contribution in [3.8, 4) is 6.07 Å². The summed E-state index contributed by atoms with van der Waals surface area (Å²) in [7, 11) is 0. The normalized spacial score (nSPS) is 16.0. The van der Waals surface area contributed by atoms with Gasteiger partial charge in [0.2, 0.25) is 5.91 Å². The van der Waals surface area contributed by atoms with Crippen molar-refractivity contribution in [3.05, 3.63) is 41.5 Å². The van der Waals surface area contributed by atoms with E-state index >= 15 is 0 Å². The molecule has 0 spiro atoms. The summed E-state index contributed by atoms with van der Waals surface area (Å²) in [5.41, 5.74) is 1.36. The number of hydrogen-bond donors (Lipinski definition) is 2. The molecule has 0 aliphatic heterocycles. The van der Waals surface area contributed by atoms with E-state index < -0.39 is 6.10 Å². The Balaban J connectivity index is 1.83. The highest BCUT2D eigenvalue weighted by Crippen LogP contribution is 2.32. The van der Waals surface area contributed by atoms with E-state index in [0.29, 0.717) is 18.0 Å². The molecular weight excluding hydrogens is 240 g/mol. The first kappa shape index (κ1) is 13.3. The number of nitrogens with one attached hydrogen (secondary N) is 1. The van der Waals surface area contributed by atoms with Crippen molar-refractivity contribution >= 4 is 12.0 Å². The van der Waals surface area contributed by atoms with Crippen LogP contribution in [0.5, 0.6) is 0 Å². The SMILES string of the molecule is N#Cc1cccc(C=CC(=O)NCC(O)C2CC2)c1. The average Bonchev–Trinajstić information content (AvgIpc) is 3.27. The zero-order chi connectivity index (χ0) is 13.7. The van der Waals surface area contributed by atoms with Crippen LogP contribution in [0, 0.1) is 17.2 Å². The number of benzene rings is 1. The molecule has 2 rings (SSSR count). The van der Waals surface area contributed by atoms with Crippen LogP contribution in [-0.2, 0) is 4.79 Å². The molecule has 1 saturated carbocycles. The number of rotatable bonds is 5. The van der Waals surface area contributed by atoms with Gasteiger partial charge in [0.1, 0.15) is 0 Å². The van der Waals surface area contributed by atoms with Crippen LogP contribution in [0.25, 0.3) is 6.08 Å². The van der Waals surface area contributed by atoms with Crippen molar-refractivity contribution in [1.82, 2.24) is 5.32 Å². The number of aliphatic hydroxyl groups excluding tert-OH is 1. The third-order valence-corrected chi connectivity index (χ3v) is 3.09. The Morgan fingerprint density at radius 2 is 2.37 bits per heavy atom. The van der Waals surface area contributed by atoms with Gasteiger partial charge >= 0.3 is 0 Å². The zero-order valence-electron chi connectivity index (χ0n) is 10.5. The number of hydrogen-bond acceptors (Lipinski definition) is 3. The summed E-state index contributed by atoms with van der Waals surface area (Å²) in [5.74, 6) is 0.124. The smallest absolute Gasteiger partial charge is 0.244 e. The second-order valence-electron chi connectivity index (χ2n) is 4.72. The molecule has 1 amide bonds. The maximum Gasteiger partial charge on any atom is 0.244 e. The Labute approximate surface area is 112 Å². The lowest BCUT2D eigenvalue weighted by atomic mass is 10.1. The summed E-state index contributed by atoms with van der Waals surface area (Å²) >= 11 is 0.